The van der Waals surface area contributed by atoms with Crippen LogP contribution in [0.2, 0.25) is 0 Å². The highest BCUT2D eigenvalue weighted by Crippen LogP contribution is 2.44. The van der Waals surface area contributed by atoms with Crippen molar-refractivity contribution in [1.82, 2.24) is 0 Å². The Balaban J connectivity index is 2.53. The van der Waals surface area contributed by atoms with Crippen molar-refractivity contribution in [3.8, 4) is 11.5 Å². The van der Waals surface area contributed by atoms with Crippen LogP contribution in [0.5, 0.6) is 11.5 Å². The van der Waals surface area contributed by atoms with Crippen LogP contribution >= 0.6 is 15.9 Å². The fourth-order valence-electron chi connectivity index (χ4n) is 1.81. The van der Waals surface area contributed by atoms with E-state index in [-0.39, 0.29) is 0 Å². The Morgan fingerprint density at radius 2 is 2.19 bits per heavy atom. The fraction of sp³-hybridized carbons (Fsp3) is 0.333. The number of benzene rings is 1. The average Bonchev–Trinajstić information content (AvgIpc) is 2.76. The molecule has 0 fully saturated rings. The topological polar surface area (TPSA) is 44.5 Å². The summed E-state index contributed by atoms with van der Waals surface area (Å²) in [7, 11) is 0. The minimum atomic E-state index is 0.297. The molecule has 3 nitrogen and oxygen atoms in total. The van der Waals surface area contributed by atoms with Crippen molar-refractivity contribution in [3.05, 3.63) is 27.7 Å². The Kier molecular flexibility index (Phi) is 3.51. The molecule has 0 unspecified atom stereocenters. The number of rotatable bonds is 3. The number of halogens is 1. The molecule has 0 atom stereocenters. The van der Waals surface area contributed by atoms with E-state index in [1.54, 1.807) is 0 Å². The molecule has 0 aliphatic carbocycles. The van der Waals surface area contributed by atoms with Gasteiger partial charge in [-0.2, -0.15) is 0 Å². The summed E-state index contributed by atoms with van der Waals surface area (Å²) in [6.07, 6.45) is 4.86. The van der Waals surface area contributed by atoms with Crippen molar-refractivity contribution >= 4 is 22.0 Å². The molecule has 2 rings (SSSR count). The Labute approximate surface area is 103 Å². The predicted molar refractivity (Wildman–Crippen MR) is 67.7 cm³/mol. The summed E-state index contributed by atoms with van der Waals surface area (Å²) in [6, 6.07) is 2.04. The number of ether oxygens (including phenoxy) is 2. The molecule has 0 aromatic heterocycles. The smallest absolute Gasteiger partial charge is 0.231 e. The first kappa shape index (κ1) is 11.5. The lowest BCUT2D eigenvalue weighted by molar-refractivity contribution is 0.173. The predicted octanol–water partition coefficient (Wildman–Crippen LogP) is 2.71. The first-order valence-electron chi connectivity index (χ1n) is 5.25. The maximum absolute atomic E-state index is 5.50. The van der Waals surface area contributed by atoms with Gasteiger partial charge >= 0.3 is 0 Å². The van der Waals surface area contributed by atoms with Crippen LogP contribution in [0, 0.1) is 0 Å². The first-order valence-corrected chi connectivity index (χ1v) is 6.04. The van der Waals surface area contributed by atoms with Gasteiger partial charge in [-0.15, -0.1) is 0 Å². The van der Waals surface area contributed by atoms with E-state index >= 15 is 0 Å². The van der Waals surface area contributed by atoms with Crippen LogP contribution in [0.15, 0.2) is 16.6 Å². The van der Waals surface area contributed by atoms with Gasteiger partial charge < -0.3 is 15.2 Å². The van der Waals surface area contributed by atoms with Crippen molar-refractivity contribution < 1.29 is 9.47 Å². The van der Waals surface area contributed by atoms with Crippen molar-refractivity contribution in [2.75, 3.05) is 13.3 Å². The van der Waals surface area contributed by atoms with Crippen LogP contribution in [0.25, 0.3) is 6.08 Å². The molecule has 0 bridgehead atoms. The van der Waals surface area contributed by atoms with Crippen LogP contribution in [0.4, 0.5) is 0 Å². The van der Waals surface area contributed by atoms with Crippen molar-refractivity contribution in [1.29, 1.82) is 0 Å². The Hall–Kier alpha value is -1.00. The summed E-state index contributed by atoms with van der Waals surface area (Å²) in [5.41, 5.74) is 7.76. The monoisotopic (exact) mass is 283 g/mol. The summed E-state index contributed by atoms with van der Waals surface area (Å²) in [4.78, 5) is 0. The van der Waals surface area contributed by atoms with E-state index in [0.29, 0.717) is 13.3 Å². The number of hydrogen-bond acceptors (Lipinski definition) is 3. The van der Waals surface area contributed by atoms with Gasteiger partial charge in [-0.3, -0.25) is 0 Å². The van der Waals surface area contributed by atoms with Gasteiger partial charge in [-0.1, -0.05) is 19.1 Å². The first-order chi connectivity index (χ1) is 7.77. The Morgan fingerprint density at radius 3 is 2.88 bits per heavy atom. The minimum Gasteiger partial charge on any atom is -0.453 e. The van der Waals surface area contributed by atoms with E-state index in [1.807, 2.05) is 18.2 Å². The number of hydrogen-bond donors (Lipinski definition) is 1. The third-order valence-electron chi connectivity index (χ3n) is 2.52. The molecule has 0 radical (unpaired) electrons. The van der Waals surface area contributed by atoms with Gasteiger partial charge in [0.05, 0.1) is 4.47 Å². The van der Waals surface area contributed by atoms with Gasteiger partial charge in [-0.25, -0.2) is 0 Å². The van der Waals surface area contributed by atoms with E-state index in [2.05, 4.69) is 22.9 Å². The Morgan fingerprint density at radius 1 is 1.44 bits per heavy atom. The lowest BCUT2D eigenvalue weighted by atomic mass is 10.0. The van der Waals surface area contributed by atoms with Gasteiger partial charge in [0.2, 0.25) is 6.79 Å². The molecular formula is C12H14BrNO2. The number of nitrogens with two attached hydrogens (primary N) is 1. The third-order valence-corrected chi connectivity index (χ3v) is 3.11. The molecule has 1 aliphatic rings. The highest BCUT2D eigenvalue weighted by atomic mass is 79.9. The van der Waals surface area contributed by atoms with Crippen LogP contribution in [0.3, 0.4) is 0 Å². The molecule has 0 amide bonds. The van der Waals surface area contributed by atoms with E-state index in [9.17, 15) is 0 Å². The van der Waals surface area contributed by atoms with Crippen LogP contribution in [-0.2, 0) is 6.42 Å². The Bertz CT molecular complexity index is 430. The molecule has 0 spiro atoms. The molecule has 4 heteroatoms. The number of fused-ring (bicyclic) bond motifs is 1. The van der Waals surface area contributed by atoms with Gasteiger partial charge in [0.25, 0.3) is 0 Å². The molecule has 16 heavy (non-hydrogen) atoms. The lowest BCUT2D eigenvalue weighted by Gasteiger charge is -2.09. The molecule has 1 heterocycles. The van der Waals surface area contributed by atoms with E-state index < -0.39 is 0 Å². The van der Waals surface area contributed by atoms with Gasteiger partial charge in [0, 0.05) is 12.1 Å². The maximum Gasteiger partial charge on any atom is 0.231 e. The summed E-state index contributed by atoms with van der Waals surface area (Å²) in [5.74, 6) is 1.66. The van der Waals surface area contributed by atoms with Crippen LogP contribution in [0.1, 0.15) is 18.1 Å². The molecule has 86 valence electrons. The fourth-order valence-corrected chi connectivity index (χ4v) is 2.35. The highest BCUT2D eigenvalue weighted by Gasteiger charge is 2.22. The van der Waals surface area contributed by atoms with E-state index in [4.69, 9.17) is 15.2 Å². The zero-order chi connectivity index (χ0) is 11.5. The SMILES string of the molecule is CCc1c(/C=C/CN)cc(Br)c2c1OCO2. The second-order valence-corrected chi connectivity index (χ2v) is 4.34. The summed E-state index contributed by atoms with van der Waals surface area (Å²) in [5, 5.41) is 0. The molecule has 1 aromatic carbocycles. The molecule has 0 saturated heterocycles. The normalized spacial score (nSPS) is 13.7. The van der Waals surface area contributed by atoms with Crippen LogP contribution in [-0.4, -0.2) is 13.3 Å². The molecule has 1 aromatic rings. The second-order valence-electron chi connectivity index (χ2n) is 3.48. The average molecular weight is 284 g/mol. The zero-order valence-electron chi connectivity index (χ0n) is 9.13. The molecule has 0 saturated carbocycles. The summed E-state index contributed by atoms with van der Waals surface area (Å²) < 4.78 is 11.8. The van der Waals surface area contributed by atoms with Crippen molar-refractivity contribution in [3.63, 3.8) is 0 Å². The van der Waals surface area contributed by atoms with Crippen molar-refractivity contribution in [2.24, 2.45) is 5.73 Å². The third kappa shape index (κ3) is 1.95. The zero-order valence-corrected chi connectivity index (χ0v) is 10.7. The van der Waals surface area contributed by atoms with Crippen LogP contribution < -0.4 is 15.2 Å². The van der Waals surface area contributed by atoms with E-state index in [1.165, 1.54) is 5.56 Å². The van der Waals surface area contributed by atoms with Gasteiger partial charge in [0.15, 0.2) is 11.5 Å². The summed E-state index contributed by atoms with van der Waals surface area (Å²) in [6.45, 7) is 2.94. The van der Waals surface area contributed by atoms with E-state index in [0.717, 1.165) is 28.0 Å². The largest absolute Gasteiger partial charge is 0.453 e. The molecular weight excluding hydrogens is 270 g/mol. The van der Waals surface area contributed by atoms with Gasteiger partial charge in [0.1, 0.15) is 0 Å². The lowest BCUT2D eigenvalue weighted by Crippen LogP contribution is -1.95. The summed E-state index contributed by atoms with van der Waals surface area (Å²) >= 11 is 3.48. The maximum atomic E-state index is 5.50. The highest BCUT2D eigenvalue weighted by molar-refractivity contribution is 9.10. The molecule has 1 aliphatic heterocycles. The minimum absolute atomic E-state index is 0.297. The molecule has 2 N–H and O–H groups in total. The standard InChI is InChI=1S/C12H14BrNO2/c1-2-9-8(4-3-5-14)6-10(13)12-11(9)15-7-16-12/h3-4,6H,2,5,7,14H2,1H3/b4-3+. The van der Waals surface area contributed by atoms with Crippen molar-refractivity contribution in [2.45, 2.75) is 13.3 Å². The second kappa shape index (κ2) is 4.89. The van der Waals surface area contributed by atoms with Gasteiger partial charge in [-0.05, 0) is 34.0 Å². The quantitative estimate of drug-likeness (QED) is 0.928.